The SMILES string of the molecule is CC(Br)c1noc2ccccc12. The predicted octanol–water partition coefficient (Wildman–Crippen LogP) is 3.28. The molecule has 1 atom stereocenters. The maximum Gasteiger partial charge on any atom is 0.167 e. The lowest BCUT2D eigenvalue weighted by atomic mass is 10.2. The number of alkyl halides is 1. The second-order valence-corrected chi connectivity index (χ2v) is 4.05. The van der Waals surface area contributed by atoms with Crippen molar-refractivity contribution in [2.45, 2.75) is 11.8 Å². The van der Waals surface area contributed by atoms with Gasteiger partial charge in [0.05, 0.1) is 4.83 Å². The fourth-order valence-corrected chi connectivity index (χ4v) is 1.52. The van der Waals surface area contributed by atoms with E-state index in [0.29, 0.717) is 0 Å². The molecule has 0 aliphatic heterocycles. The molecule has 1 unspecified atom stereocenters. The third-order valence-corrected chi connectivity index (χ3v) is 2.22. The van der Waals surface area contributed by atoms with Crippen LogP contribution in [0.2, 0.25) is 0 Å². The van der Waals surface area contributed by atoms with Crippen molar-refractivity contribution >= 4 is 26.9 Å². The van der Waals surface area contributed by atoms with Gasteiger partial charge >= 0.3 is 0 Å². The molecule has 1 aromatic carbocycles. The van der Waals surface area contributed by atoms with Gasteiger partial charge in [-0.15, -0.1) is 0 Å². The number of benzene rings is 1. The fraction of sp³-hybridized carbons (Fsp3) is 0.222. The summed E-state index contributed by atoms with van der Waals surface area (Å²) in [6.07, 6.45) is 0. The topological polar surface area (TPSA) is 26.0 Å². The Hall–Kier alpha value is -0.830. The first-order valence-corrected chi connectivity index (χ1v) is 4.69. The summed E-state index contributed by atoms with van der Waals surface area (Å²) in [6, 6.07) is 7.86. The van der Waals surface area contributed by atoms with Gasteiger partial charge in [-0.05, 0) is 19.1 Å². The molecule has 1 heterocycles. The van der Waals surface area contributed by atoms with Crippen molar-refractivity contribution in [2.24, 2.45) is 0 Å². The molecule has 0 aliphatic rings. The van der Waals surface area contributed by atoms with Crippen LogP contribution in [-0.4, -0.2) is 5.16 Å². The normalized spacial score (nSPS) is 13.5. The van der Waals surface area contributed by atoms with E-state index in [2.05, 4.69) is 21.1 Å². The van der Waals surface area contributed by atoms with E-state index in [4.69, 9.17) is 4.52 Å². The number of rotatable bonds is 1. The van der Waals surface area contributed by atoms with Gasteiger partial charge in [-0.2, -0.15) is 0 Å². The van der Waals surface area contributed by atoms with Crippen LogP contribution in [0.5, 0.6) is 0 Å². The van der Waals surface area contributed by atoms with E-state index in [0.717, 1.165) is 16.7 Å². The molecule has 0 fully saturated rings. The summed E-state index contributed by atoms with van der Waals surface area (Å²) in [7, 11) is 0. The van der Waals surface area contributed by atoms with Gasteiger partial charge in [-0.1, -0.05) is 33.2 Å². The Balaban J connectivity index is 2.70. The molecule has 0 radical (unpaired) electrons. The van der Waals surface area contributed by atoms with Crippen molar-refractivity contribution in [3.8, 4) is 0 Å². The molecule has 0 spiro atoms. The lowest BCUT2D eigenvalue weighted by Gasteiger charge is -1.94. The Morgan fingerprint density at radius 1 is 1.42 bits per heavy atom. The lowest BCUT2D eigenvalue weighted by Crippen LogP contribution is -1.82. The maximum absolute atomic E-state index is 5.13. The first kappa shape index (κ1) is 7.80. The zero-order valence-corrected chi connectivity index (χ0v) is 8.21. The number of hydrogen-bond donors (Lipinski definition) is 0. The molecule has 0 saturated heterocycles. The van der Waals surface area contributed by atoms with Crippen molar-refractivity contribution in [2.75, 3.05) is 0 Å². The summed E-state index contributed by atoms with van der Waals surface area (Å²) in [4.78, 5) is 0.237. The van der Waals surface area contributed by atoms with E-state index in [9.17, 15) is 0 Å². The highest BCUT2D eigenvalue weighted by atomic mass is 79.9. The van der Waals surface area contributed by atoms with Crippen LogP contribution >= 0.6 is 15.9 Å². The monoisotopic (exact) mass is 225 g/mol. The number of fused-ring (bicyclic) bond motifs is 1. The highest BCUT2D eigenvalue weighted by Crippen LogP contribution is 2.27. The van der Waals surface area contributed by atoms with E-state index >= 15 is 0 Å². The summed E-state index contributed by atoms with van der Waals surface area (Å²) in [6.45, 7) is 2.03. The highest BCUT2D eigenvalue weighted by molar-refractivity contribution is 9.09. The molecule has 0 N–H and O–H groups in total. The van der Waals surface area contributed by atoms with E-state index < -0.39 is 0 Å². The summed E-state index contributed by atoms with van der Waals surface area (Å²) in [5.41, 5.74) is 1.81. The fourth-order valence-electron chi connectivity index (χ4n) is 1.19. The molecule has 0 saturated carbocycles. The Bertz CT molecular complexity index is 394. The largest absolute Gasteiger partial charge is 0.356 e. The van der Waals surface area contributed by atoms with Gasteiger partial charge in [-0.25, -0.2) is 0 Å². The van der Waals surface area contributed by atoms with Gasteiger partial charge in [0.15, 0.2) is 5.58 Å². The number of hydrogen-bond acceptors (Lipinski definition) is 2. The summed E-state index contributed by atoms with van der Waals surface area (Å²) in [5, 5.41) is 5.06. The highest BCUT2D eigenvalue weighted by Gasteiger charge is 2.10. The minimum absolute atomic E-state index is 0.237. The smallest absolute Gasteiger partial charge is 0.167 e. The van der Waals surface area contributed by atoms with E-state index in [-0.39, 0.29) is 4.83 Å². The van der Waals surface area contributed by atoms with Gasteiger partial charge < -0.3 is 4.52 Å². The molecule has 2 rings (SSSR count). The number of aromatic nitrogens is 1. The average Bonchev–Trinajstić information content (AvgIpc) is 2.47. The maximum atomic E-state index is 5.13. The summed E-state index contributed by atoms with van der Waals surface area (Å²) in [5.74, 6) is 0. The third kappa shape index (κ3) is 1.14. The molecule has 1 aromatic heterocycles. The number of para-hydroxylation sites is 1. The first-order chi connectivity index (χ1) is 5.79. The number of halogens is 1. The molecule has 62 valence electrons. The minimum atomic E-state index is 0.237. The minimum Gasteiger partial charge on any atom is -0.356 e. The standard InChI is InChI=1S/C9H8BrNO/c1-6(10)9-7-4-2-3-5-8(7)12-11-9/h2-6H,1H3. The molecule has 0 aliphatic carbocycles. The van der Waals surface area contributed by atoms with Crippen molar-refractivity contribution in [3.05, 3.63) is 30.0 Å². The van der Waals surface area contributed by atoms with Gasteiger partial charge in [0.25, 0.3) is 0 Å². The predicted molar refractivity (Wildman–Crippen MR) is 51.4 cm³/mol. The second-order valence-electron chi connectivity index (χ2n) is 2.68. The van der Waals surface area contributed by atoms with E-state index in [1.165, 1.54) is 0 Å². The van der Waals surface area contributed by atoms with Crippen LogP contribution in [-0.2, 0) is 0 Å². The Morgan fingerprint density at radius 2 is 2.17 bits per heavy atom. The molecule has 0 bridgehead atoms. The summed E-state index contributed by atoms with van der Waals surface area (Å²) >= 11 is 3.46. The zero-order valence-electron chi connectivity index (χ0n) is 6.62. The van der Waals surface area contributed by atoms with Gasteiger partial charge in [-0.3, -0.25) is 0 Å². The first-order valence-electron chi connectivity index (χ1n) is 3.77. The number of nitrogens with zero attached hydrogens (tertiary/aromatic N) is 1. The van der Waals surface area contributed by atoms with E-state index in [1.807, 2.05) is 31.2 Å². The van der Waals surface area contributed by atoms with Crippen molar-refractivity contribution in [1.82, 2.24) is 5.16 Å². The molecule has 0 amide bonds. The molecule has 12 heavy (non-hydrogen) atoms. The molecule has 3 heteroatoms. The third-order valence-electron chi connectivity index (χ3n) is 1.78. The van der Waals surface area contributed by atoms with Gasteiger partial charge in [0.1, 0.15) is 5.69 Å². The van der Waals surface area contributed by atoms with Crippen LogP contribution in [0.3, 0.4) is 0 Å². The van der Waals surface area contributed by atoms with Crippen LogP contribution in [0.15, 0.2) is 28.8 Å². The van der Waals surface area contributed by atoms with E-state index in [1.54, 1.807) is 0 Å². The van der Waals surface area contributed by atoms with Crippen LogP contribution in [0.25, 0.3) is 11.0 Å². The van der Waals surface area contributed by atoms with Gasteiger partial charge in [0, 0.05) is 5.39 Å². The molecular formula is C9H8BrNO. The zero-order chi connectivity index (χ0) is 8.55. The van der Waals surface area contributed by atoms with Crippen LogP contribution in [0.4, 0.5) is 0 Å². The second kappa shape index (κ2) is 2.90. The van der Waals surface area contributed by atoms with Crippen LogP contribution in [0, 0.1) is 0 Å². The average molecular weight is 226 g/mol. The van der Waals surface area contributed by atoms with Crippen molar-refractivity contribution in [3.63, 3.8) is 0 Å². The lowest BCUT2D eigenvalue weighted by molar-refractivity contribution is 0.447. The van der Waals surface area contributed by atoms with Crippen LogP contribution in [0.1, 0.15) is 17.4 Å². The molecular weight excluding hydrogens is 218 g/mol. The Kier molecular flexibility index (Phi) is 1.89. The van der Waals surface area contributed by atoms with Crippen LogP contribution < -0.4 is 0 Å². The van der Waals surface area contributed by atoms with Gasteiger partial charge in [0.2, 0.25) is 0 Å². The molecule has 2 nitrogen and oxygen atoms in total. The Morgan fingerprint density at radius 3 is 2.92 bits per heavy atom. The molecule has 2 aromatic rings. The Labute approximate surface area is 78.7 Å². The van der Waals surface area contributed by atoms with Crippen molar-refractivity contribution < 1.29 is 4.52 Å². The quantitative estimate of drug-likeness (QED) is 0.697. The van der Waals surface area contributed by atoms with Crippen molar-refractivity contribution in [1.29, 1.82) is 0 Å². The summed E-state index contributed by atoms with van der Waals surface area (Å²) < 4.78 is 5.13.